The summed E-state index contributed by atoms with van der Waals surface area (Å²) in [7, 11) is 2.30. The van der Waals surface area contributed by atoms with Crippen LogP contribution in [-0.2, 0) is 6.54 Å². The molecule has 34 heavy (non-hydrogen) atoms. The fraction of sp³-hybridized carbons (Fsp3) is 0.300. The third-order valence-electron chi connectivity index (χ3n) is 6.92. The van der Waals surface area contributed by atoms with Crippen molar-refractivity contribution in [2.75, 3.05) is 7.05 Å². The normalized spacial score (nSPS) is 14.2. The maximum absolute atomic E-state index is 5.98. The number of benzene rings is 2. The standard InChI is InChI=1S/C30H30ClN3/c1-3-28(33(2)29-13-14-29)17-19-34-18-16-24-20-22(5-15-30(24)34)4-11-27-12-8-25(21-32-27)23-6-9-26(31)10-7-23/h5-10,12,15-16,18,20-21,28-29H,3,13-14,17,19H2,1-2H3. The van der Waals surface area contributed by atoms with Crippen LogP contribution in [0, 0.1) is 11.8 Å². The van der Waals surface area contributed by atoms with Gasteiger partial charge in [-0.05, 0) is 86.7 Å². The summed E-state index contributed by atoms with van der Waals surface area (Å²) in [5.74, 6) is 6.48. The van der Waals surface area contributed by atoms with Gasteiger partial charge >= 0.3 is 0 Å². The molecule has 1 saturated carbocycles. The van der Waals surface area contributed by atoms with E-state index in [1.807, 2.05) is 42.6 Å². The van der Waals surface area contributed by atoms with Crippen molar-refractivity contribution in [1.29, 1.82) is 0 Å². The van der Waals surface area contributed by atoms with Gasteiger partial charge in [0.2, 0.25) is 0 Å². The number of nitrogens with zero attached hydrogens (tertiary/aromatic N) is 3. The third-order valence-corrected chi connectivity index (χ3v) is 7.17. The van der Waals surface area contributed by atoms with Crippen molar-refractivity contribution in [3.8, 4) is 23.0 Å². The summed E-state index contributed by atoms with van der Waals surface area (Å²) in [6, 6.07) is 22.0. The van der Waals surface area contributed by atoms with Crippen LogP contribution < -0.4 is 0 Å². The molecule has 0 aliphatic heterocycles. The highest BCUT2D eigenvalue weighted by Crippen LogP contribution is 2.29. The van der Waals surface area contributed by atoms with Crippen LogP contribution in [0.1, 0.15) is 43.9 Å². The molecule has 1 aliphatic carbocycles. The monoisotopic (exact) mass is 467 g/mol. The fourth-order valence-electron chi connectivity index (χ4n) is 4.65. The Balaban J connectivity index is 1.26. The minimum atomic E-state index is 0.661. The zero-order chi connectivity index (χ0) is 23.5. The van der Waals surface area contributed by atoms with E-state index in [0.717, 1.165) is 40.0 Å². The van der Waals surface area contributed by atoms with Crippen LogP contribution in [0.25, 0.3) is 22.0 Å². The van der Waals surface area contributed by atoms with Crippen LogP contribution in [0.4, 0.5) is 0 Å². The Morgan fingerprint density at radius 3 is 2.53 bits per heavy atom. The minimum absolute atomic E-state index is 0.661. The van der Waals surface area contributed by atoms with Crippen LogP contribution >= 0.6 is 11.6 Å². The first-order valence-electron chi connectivity index (χ1n) is 12.2. The first-order chi connectivity index (χ1) is 16.6. The quantitative estimate of drug-likeness (QED) is 0.272. The highest BCUT2D eigenvalue weighted by molar-refractivity contribution is 6.30. The van der Waals surface area contributed by atoms with E-state index in [4.69, 9.17) is 11.6 Å². The van der Waals surface area contributed by atoms with E-state index in [1.54, 1.807) is 0 Å². The third kappa shape index (κ3) is 5.20. The number of hydrogen-bond acceptors (Lipinski definition) is 2. The van der Waals surface area contributed by atoms with E-state index in [-0.39, 0.29) is 0 Å². The second kappa shape index (κ2) is 10.1. The lowest BCUT2D eigenvalue weighted by atomic mass is 10.1. The molecule has 0 N–H and O–H groups in total. The average Bonchev–Trinajstić information content (AvgIpc) is 3.65. The molecule has 172 valence electrons. The summed E-state index contributed by atoms with van der Waals surface area (Å²) in [6.07, 6.45) is 9.20. The number of aromatic nitrogens is 2. The van der Waals surface area contributed by atoms with Crippen LogP contribution in [0.3, 0.4) is 0 Å². The highest BCUT2D eigenvalue weighted by Gasteiger charge is 2.30. The first-order valence-corrected chi connectivity index (χ1v) is 12.5. The smallest absolute Gasteiger partial charge is 0.113 e. The van der Waals surface area contributed by atoms with Gasteiger partial charge in [0.25, 0.3) is 0 Å². The van der Waals surface area contributed by atoms with E-state index >= 15 is 0 Å². The molecule has 2 aromatic carbocycles. The van der Waals surface area contributed by atoms with Gasteiger partial charge in [-0.25, -0.2) is 4.98 Å². The summed E-state index contributed by atoms with van der Waals surface area (Å²) in [6.45, 7) is 3.36. The number of halogens is 1. The van der Waals surface area contributed by atoms with Gasteiger partial charge in [-0.1, -0.05) is 42.6 Å². The van der Waals surface area contributed by atoms with Crippen molar-refractivity contribution < 1.29 is 0 Å². The molecule has 1 unspecified atom stereocenters. The van der Waals surface area contributed by atoms with Crippen molar-refractivity contribution in [3.05, 3.63) is 89.3 Å². The van der Waals surface area contributed by atoms with E-state index < -0.39 is 0 Å². The molecular formula is C30H30ClN3. The highest BCUT2D eigenvalue weighted by atomic mass is 35.5. The molecule has 0 radical (unpaired) electrons. The van der Waals surface area contributed by atoms with Gasteiger partial charge in [-0.3, -0.25) is 0 Å². The minimum Gasteiger partial charge on any atom is -0.347 e. The van der Waals surface area contributed by atoms with Gasteiger partial charge in [0.15, 0.2) is 0 Å². The lowest BCUT2D eigenvalue weighted by molar-refractivity contribution is 0.208. The topological polar surface area (TPSA) is 21.1 Å². The largest absolute Gasteiger partial charge is 0.347 e. The Morgan fingerprint density at radius 1 is 1.03 bits per heavy atom. The predicted molar refractivity (Wildman–Crippen MR) is 142 cm³/mol. The number of fused-ring (bicyclic) bond motifs is 1. The molecule has 2 aromatic heterocycles. The van der Waals surface area contributed by atoms with Crippen molar-refractivity contribution in [2.45, 2.75) is 51.2 Å². The van der Waals surface area contributed by atoms with Crippen LogP contribution in [0.5, 0.6) is 0 Å². The molecule has 0 bridgehead atoms. The molecule has 0 saturated heterocycles. The molecule has 1 atom stereocenters. The van der Waals surface area contributed by atoms with Crippen LogP contribution in [-0.4, -0.2) is 33.6 Å². The lowest BCUT2D eigenvalue weighted by Gasteiger charge is -2.27. The number of rotatable bonds is 7. The maximum atomic E-state index is 5.98. The van der Waals surface area contributed by atoms with Gasteiger partial charge in [0.05, 0.1) is 0 Å². The lowest BCUT2D eigenvalue weighted by Crippen LogP contribution is -2.33. The Hall–Kier alpha value is -3.06. The molecule has 0 spiro atoms. The molecule has 2 heterocycles. The zero-order valence-corrected chi connectivity index (χ0v) is 20.6. The number of aryl methyl sites for hydroxylation is 1. The average molecular weight is 468 g/mol. The summed E-state index contributed by atoms with van der Waals surface area (Å²) in [5, 5.41) is 1.97. The molecule has 5 rings (SSSR count). The second-order valence-corrected chi connectivity index (χ2v) is 9.66. The maximum Gasteiger partial charge on any atom is 0.113 e. The molecule has 3 nitrogen and oxygen atoms in total. The van der Waals surface area contributed by atoms with Gasteiger partial charge < -0.3 is 9.47 Å². The van der Waals surface area contributed by atoms with Gasteiger partial charge in [-0.2, -0.15) is 0 Å². The molecule has 4 heteroatoms. The van der Waals surface area contributed by atoms with E-state index in [9.17, 15) is 0 Å². The van der Waals surface area contributed by atoms with Crippen molar-refractivity contribution in [2.24, 2.45) is 0 Å². The molecule has 0 amide bonds. The Labute approximate surface area is 207 Å². The number of hydrogen-bond donors (Lipinski definition) is 0. The summed E-state index contributed by atoms with van der Waals surface area (Å²) >= 11 is 5.98. The molecule has 1 aliphatic rings. The summed E-state index contributed by atoms with van der Waals surface area (Å²) in [4.78, 5) is 7.12. The van der Waals surface area contributed by atoms with Crippen LogP contribution in [0.15, 0.2) is 73.1 Å². The van der Waals surface area contributed by atoms with E-state index in [2.05, 4.69) is 70.7 Å². The van der Waals surface area contributed by atoms with E-state index in [0.29, 0.717) is 6.04 Å². The molecule has 4 aromatic rings. The van der Waals surface area contributed by atoms with Gasteiger partial charge in [0, 0.05) is 58.1 Å². The summed E-state index contributed by atoms with van der Waals surface area (Å²) in [5.41, 5.74) is 5.20. The summed E-state index contributed by atoms with van der Waals surface area (Å²) < 4.78 is 2.38. The SMILES string of the molecule is CCC(CCn1ccc2cc(C#Cc3ccc(-c4ccc(Cl)cc4)cn3)ccc21)N(C)C1CC1. The number of pyridine rings is 1. The second-order valence-electron chi connectivity index (χ2n) is 9.22. The van der Waals surface area contributed by atoms with Gasteiger partial charge in [-0.15, -0.1) is 0 Å². The van der Waals surface area contributed by atoms with Crippen LogP contribution in [0.2, 0.25) is 5.02 Å². The van der Waals surface area contributed by atoms with E-state index in [1.165, 1.54) is 36.6 Å². The van der Waals surface area contributed by atoms with Crippen molar-refractivity contribution in [1.82, 2.24) is 14.5 Å². The van der Waals surface area contributed by atoms with Crippen molar-refractivity contribution in [3.63, 3.8) is 0 Å². The Morgan fingerprint density at radius 2 is 1.82 bits per heavy atom. The molecule has 1 fully saturated rings. The Kier molecular flexibility index (Phi) is 6.72. The Bertz CT molecular complexity index is 1320. The first kappa shape index (κ1) is 22.7. The molecular weight excluding hydrogens is 438 g/mol. The predicted octanol–water partition coefficient (Wildman–Crippen LogP) is 7.02. The van der Waals surface area contributed by atoms with Gasteiger partial charge in [0.1, 0.15) is 5.69 Å². The fourth-order valence-corrected chi connectivity index (χ4v) is 4.78. The zero-order valence-electron chi connectivity index (χ0n) is 19.8. The van der Waals surface area contributed by atoms with Crippen molar-refractivity contribution >= 4 is 22.5 Å².